The topological polar surface area (TPSA) is 47.3 Å². The van der Waals surface area contributed by atoms with Gasteiger partial charge in [0.25, 0.3) is 0 Å². The highest BCUT2D eigenvalue weighted by Crippen LogP contribution is 2.37. The molecule has 1 saturated heterocycles. The lowest BCUT2D eigenvalue weighted by Crippen LogP contribution is -2.44. The van der Waals surface area contributed by atoms with Crippen molar-refractivity contribution in [3.63, 3.8) is 0 Å². The summed E-state index contributed by atoms with van der Waals surface area (Å²) < 4.78 is 5.40. The molecular formula is C12H24N2O. The molecule has 1 aliphatic carbocycles. The Morgan fingerprint density at radius 2 is 2.07 bits per heavy atom. The Morgan fingerprint density at radius 1 is 1.40 bits per heavy atom. The first-order valence-electron chi connectivity index (χ1n) is 6.24. The van der Waals surface area contributed by atoms with Gasteiger partial charge in [-0.05, 0) is 49.6 Å². The van der Waals surface area contributed by atoms with E-state index in [1.54, 1.807) is 0 Å². The van der Waals surface area contributed by atoms with Crippen LogP contribution in [-0.2, 0) is 4.74 Å². The van der Waals surface area contributed by atoms with Crippen LogP contribution >= 0.6 is 0 Å². The van der Waals surface area contributed by atoms with E-state index in [4.69, 9.17) is 10.5 Å². The minimum absolute atomic E-state index is 0.316. The van der Waals surface area contributed by atoms with Gasteiger partial charge in [-0.3, -0.25) is 0 Å². The molecule has 1 aliphatic heterocycles. The largest absolute Gasteiger partial charge is 0.381 e. The predicted molar refractivity (Wildman–Crippen MR) is 61.7 cm³/mol. The Kier molecular flexibility index (Phi) is 3.65. The zero-order chi connectivity index (χ0) is 10.7. The van der Waals surface area contributed by atoms with E-state index in [9.17, 15) is 0 Å². The fourth-order valence-electron chi connectivity index (χ4n) is 2.46. The van der Waals surface area contributed by atoms with Crippen molar-refractivity contribution in [3.8, 4) is 0 Å². The first kappa shape index (κ1) is 11.4. The van der Waals surface area contributed by atoms with E-state index in [1.807, 2.05) is 0 Å². The van der Waals surface area contributed by atoms with Gasteiger partial charge in [0, 0.05) is 19.8 Å². The van der Waals surface area contributed by atoms with Crippen LogP contribution in [0.3, 0.4) is 0 Å². The fourth-order valence-corrected chi connectivity index (χ4v) is 2.46. The summed E-state index contributed by atoms with van der Waals surface area (Å²) in [6.07, 6.45) is 3.65. The average molecular weight is 212 g/mol. The van der Waals surface area contributed by atoms with Gasteiger partial charge in [0.2, 0.25) is 0 Å². The van der Waals surface area contributed by atoms with Crippen LogP contribution in [-0.4, -0.2) is 32.8 Å². The van der Waals surface area contributed by atoms with Crippen molar-refractivity contribution in [2.24, 2.45) is 23.0 Å². The average Bonchev–Trinajstić information content (AvgIpc) is 2.96. The molecule has 88 valence electrons. The zero-order valence-electron chi connectivity index (χ0n) is 9.80. The Bertz CT molecular complexity index is 202. The molecule has 2 atom stereocenters. The van der Waals surface area contributed by atoms with Gasteiger partial charge in [0.1, 0.15) is 0 Å². The number of hydrogen-bond donors (Lipinski definition) is 2. The summed E-state index contributed by atoms with van der Waals surface area (Å²) in [6.45, 7) is 7.17. The lowest BCUT2D eigenvalue weighted by molar-refractivity contribution is 0.0192. The smallest absolute Gasteiger partial charge is 0.0472 e. The predicted octanol–water partition coefficient (Wildman–Crippen LogP) is 0.987. The molecule has 1 heterocycles. The van der Waals surface area contributed by atoms with Gasteiger partial charge >= 0.3 is 0 Å². The van der Waals surface area contributed by atoms with Gasteiger partial charge in [0.05, 0.1) is 0 Å². The fraction of sp³-hybridized carbons (Fsp3) is 1.00. The van der Waals surface area contributed by atoms with E-state index in [1.165, 1.54) is 13.0 Å². The first-order chi connectivity index (χ1) is 7.26. The Hall–Kier alpha value is -0.120. The summed E-state index contributed by atoms with van der Waals surface area (Å²) in [5.41, 5.74) is 6.22. The third kappa shape index (κ3) is 2.92. The molecule has 0 aromatic heterocycles. The number of ether oxygens (including phenoxy) is 1. The van der Waals surface area contributed by atoms with Crippen LogP contribution in [0, 0.1) is 17.3 Å². The first-order valence-corrected chi connectivity index (χ1v) is 6.24. The van der Waals surface area contributed by atoms with Gasteiger partial charge in [-0.25, -0.2) is 0 Å². The maximum absolute atomic E-state index is 5.90. The molecule has 3 N–H and O–H groups in total. The Balaban J connectivity index is 1.69. The quantitative estimate of drug-likeness (QED) is 0.714. The molecule has 0 spiro atoms. The Morgan fingerprint density at radius 3 is 2.60 bits per heavy atom. The Labute approximate surface area is 92.7 Å². The van der Waals surface area contributed by atoms with Crippen molar-refractivity contribution >= 4 is 0 Å². The molecule has 3 nitrogen and oxygen atoms in total. The van der Waals surface area contributed by atoms with Gasteiger partial charge < -0.3 is 15.8 Å². The van der Waals surface area contributed by atoms with E-state index in [0.717, 1.165) is 51.0 Å². The van der Waals surface area contributed by atoms with E-state index in [-0.39, 0.29) is 0 Å². The van der Waals surface area contributed by atoms with Crippen LogP contribution < -0.4 is 11.1 Å². The molecule has 0 aromatic carbocycles. The highest BCUT2D eigenvalue weighted by Gasteiger charge is 2.34. The maximum Gasteiger partial charge on any atom is 0.0472 e. The lowest BCUT2D eigenvalue weighted by atomic mass is 9.80. The molecule has 1 saturated carbocycles. The third-order valence-corrected chi connectivity index (χ3v) is 4.17. The van der Waals surface area contributed by atoms with Crippen molar-refractivity contribution in [3.05, 3.63) is 0 Å². The van der Waals surface area contributed by atoms with Crippen molar-refractivity contribution in [2.45, 2.75) is 26.2 Å². The van der Waals surface area contributed by atoms with Gasteiger partial charge in [-0.1, -0.05) is 6.92 Å². The second kappa shape index (κ2) is 4.81. The van der Waals surface area contributed by atoms with E-state index in [2.05, 4.69) is 12.2 Å². The maximum atomic E-state index is 5.90. The highest BCUT2D eigenvalue weighted by atomic mass is 16.5. The van der Waals surface area contributed by atoms with Crippen LogP contribution in [0.25, 0.3) is 0 Å². The van der Waals surface area contributed by atoms with Crippen molar-refractivity contribution in [2.75, 3.05) is 32.8 Å². The highest BCUT2D eigenvalue weighted by molar-refractivity contribution is 4.88. The number of nitrogens with one attached hydrogen (secondary N) is 1. The van der Waals surface area contributed by atoms with Crippen LogP contribution in [0.2, 0.25) is 0 Å². The van der Waals surface area contributed by atoms with Crippen molar-refractivity contribution in [1.29, 1.82) is 0 Å². The minimum Gasteiger partial charge on any atom is -0.381 e. The van der Waals surface area contributed by atoms with Gasteiger partial charge in [-0.15, -0.1) is 0 Å². The lowest BCUT2D eigenvalue weighted by Gasteiger charge is -2.36. The molecule has 0 amide bonds. The van der Waals surface area contributed by atoms with E-state index >= 15 is 0 Å². The minimum atomic E-state index is 0.316. The summed E-state index contributed by atoms with van der Waals surface area (Å²) in [7, 11) is 0. The van der Waals surface area contributed by atoms with E-state index in [0.29, 0.717) is 5.41 Å². The second-order valence-electron chi connectivity index (χ2n) is 5.42. The number of nitrogens with two attached hydrogens (primary N) is 1. The molecule has 0 radical (unpaired) electrons. The van der Waals surface area contributed by atoms with E-state index < -0.39 is 0 Å². The standard InChI is InChI=1S/C12H24N2O/c1-10-6-11(10)7-14-9-12(8-13)2-4-15-5-3-12/h10-11,14H,2-9,13H2,1H3. The summed E-state index contributed by atoms with van der Waals surface area (Å²) >= 11 is 0. The SMILES string of the molecule is CC1CC1CNCC1(CN)CCOCC1. The summed E-state index contributed by atoms with van der Waals surface area (Å²) in [4.78, 5) is 0. The second-order valence-corrected chi connectivity index (χ2v) is 5.42. The van der Waals surface area contributed by atoms with Crippen LogP contribution in [0.5, 0.6) is 0 Å². The molecule has 2 unspecified atom stereocenters. The summed E-state index contributed by atoms with van der Waals surface area (Å²) in [6, 6.07) is 0. The monoisotopic (exact) mass is 212 g/mol. The molecule has 0 bridgehead atoms. The van der Waals surface area contributed by atoms with Crippen molar-refractivity contribution in [1.82, 2.24) is 5.32 Å². The molecule has 3 heteroatoms. The summed E-state index contributed by atoms with van der Waals surface area (Å²) in [5.74, 6) is 1.88. The molecule has 2 rings (SSSR count). The summed E-state index contributed by atoms with van der Waals surface area (Å²) in [5, 5.41) is 3.60. The molecule has 2 aliphatic rings. The number of rotatable bonds is 5. The number of hydrogen-bond acceptors (Lipinski definition) is 3. The molecule has 15 heavy (non-hydrogen) atoms. The van der Waals surface area contributed by atoms with Crippen LogP contribution in [0.15, 0.2) is 0 Å². The van der Waals surface area contributed by atoms with Gasteiger partial charge in [0.15, 0.2) is 0 Å². The van der Waals surface area contributed by atoms with Crippen LogP contribution in [0.1, 0.15) is 26.2 Å². The third-order valence-electron chi connectivity index (χ3n) is 4.17. The zero-order valence-corrected chi connectivity index (χ0v) is 9.80. The molecular weight excluding hydrogens is 188 g/mol. The normalized spacial score (nSPS) is 34.0. The molecule has 0 aromatic rings. The van der Waals surface area contributed by atoms with Crippen LogP contribution in [0.4, 0.5) is 0 Å². The van der Waals surface area contributed by atoms with Gasteiger partial charge in [-0.2, -0.15) is 0 Å². The van der Waals surface area contributed by atoms with Crippen molar-refractivity contribution < 1.29 is 4.74 Å². The molecule has 2 fully saturated rings.